The molecule has 1 saturated heterocycles. The van der Waals surface area contributed by atoms with Gasteiger partial charge in [-0.2, -0.15) is 0 Å². The molecule has 9 heteroatoms. The number of aromatic nitrogens is 2. The van der Waals surface area contributed by atoms with Crippen LogP contribution in [0, 0.1) is 6.92 Å². The first-order valence-electron chi connectivity index (χ1n) is 12.1. The summed E-state index contributed by atoms with van der Waals surface area (Å²) in [4.78, 5) is 28.0. The quantitative estimate of drug-likeness (QED) is 0.0935. The summed E-state index contributed by atoms with van der Waals surface area (Å²) in [5.41, 5.74) is 3.45. The number of benzene rings is 3. The first-order chi connectivity index (χ1) is 18.5. The van der Waals surface area contributed by atoms with Gasteiger partial charge in [0.15, 0.2) is 4.34 Å². The zero-order valence-corrected chi connectivity index (χ0v) is 22.5. The standard InChI is InChI=1S/C29H25N3O4S2/c1-3-36-22-15-13-20(14-16-22)24-23(25(33)21-7-5-4-6-8-21)26(34)27(35)32(24)28-30-31-29(38-28)37-17-19-11-9-18(2)10-12-19/h4-16,24,33H,3,17H2,1-2H3/b25-23-. The number of thioether (sulfide) groups is 1. The van der Waals surface area contributed by atoms with Crippen LogP contribution in [0.5, 0.6) is 5.75 Å². The lowest BCUT2D eigenvalue weighted by atomic mass is 9.95. The van der Waals surface area contributed by atoms with Crippen molar-refractivity contribution in [2.24, 2.45) is 0 Å². The fraction of sp³-hybridized carbons (Fsp3) is 0.172. The molecule has 5 rings (SSSR count). The SMILES string of the molecule is CCOc1ccc(C2/C(=C(/O)c3ccccc3)C(=O)C(=O)N2c2nnc(SCc3ccc(C)cc3)s2)cc1. The predicted molar refractivity (Wildman–Crippen MR) is 149 cm³/mol. The number of rotatable bonds is 8. The van der Waals surface area contributed by atoms with Crippen LogP contribution in [0.15, 0.2) is 88.8 Å². The van der Waals surface area contributed by atoms with Crippen molar-refractivity contribution in [1.82, 2.24) is 10.2 Å². The Kier molecular flexibility index (Phi) is 7.57. The Balaban J connectivity index is 1.52. The number of ketones is 1. The number of aliphatic hydroxyl groups is 1. The number of carbonyl (C=O) groups is 2. The average Bonchev–Trinajstić information content (AvgIpc) is 3.51. The lowest BCUT2D eigenvalue weighted by Gasteiger charge is -2.22. The number of anilines is 1. The molecule has 1 aromatic heterocycles. The maximum Gasteiger partial charge on any atom is 0.301 e. The second-order valence-corrected chi connectivity index (χ2v) is 10.8. The fourth-order valence-electron chi connectivity index (χ4n) is 4.20. The van der Waals surface area contributed by atoms with Crippen LogP contribution >= 0.6 is 23.1 Å². The first kappa shape index (κ1) is 25.7. The molecule has 0 aliphatic carbocycles. The van der Waals surface area contributed by atoms with Crippen molar-refractivity contribution >= 4 is 45.7 Å². The van der Waals surface area contributed by atoms with E-state index in [1.54, 1.807) is 48.5 Å². The van der Waals surface area contributed by atoms with Crippen LogP contribution in [0.2, 0.25) is 0 Å². The van der Waals surface area contributed by atoms with E-state index in [1.165, 1.54) is 33.6 Å². The third-order valence-electron chi connectivity index (χ3n) is 6.08. The summed E-state index contributed by atoms with van der Waals surface area (Å²) in [7, 11) is 0. The lowest BCUT2D eigenvalue weighted by molar-refractivity contribution is -0.132. The predicted octanol–water partition coefficient (Wildman–Crippen LogP) is 6.16. The van der Waals surface area contributed by atoms with Gasteiger partial charge < -0.3 is 9.84 Å². The van der Waals surface area contributed by atoms with Crippen LogP contribution in [0.4, 0.5) is 5.13 Å². The number of nitrogens with zero attached hydrogens (tertiary/aromatic N) is 3. The van der Waals surface area contributed by atoms with Crippen LogP contribution in [-0.4, -0.2) is 33.6 Å². The maximum atomic E-state index is 13.4. The molecule has 1 aliphatic heterocycles. The largest absolute Gasteiger partial charge is 0.507 e. The van der Waals surface area contributed by atoms with Crippen molar-refractivity contribution in [3.8, 4) is 5.75 Å². The highest BCUT2D eigenvalue weighted by Crippen LogP contribution is 2.44. The second kappa shape index (κ2) is 11.2. The fourth-order valence-corrected chi connectivity index (χ4v) is 6.02. The smallest absolute Gasteiger partial charge is 0.301 e. The molecule has 1 fully saturated rings. The van der Waals surface area contributed by atoms with E-state index < -0.39 is 17.7 Å². The molecule has 1 aliphatic rings. The average molecular weight is 544 g/mol. The van der Waals surface area contributed by atoms with E-state index in [0.717, 1.165) is 5.56 Å². The van der Waals surface area contributed by atoms with Gasteiger partial charge in [-0.05, 0) is 37.1 Å². The van der Waals surface area contributed by atoms with Gasteiger partial charge in [-0.15, -0.1) is 10.2 Å². The van der Waals surface area contributed by atoms with E-state index in [4.69, 9.17) is 4.74 Å². The summed E-state index contributed by atoms with van der Waals surface area (Å²) in [5, 5.41) is 20.0. The van der Waals surface area contributed by atoms with E-state index in [9.17, 15) is 14.7 Å². The van der Waals surface area contributed by atoms with E-state index in [1.807, 2.05) is 19.9 Å². The number of ether oxygens (including phenoxy) is 1. The van der Waals surface area contributed by atoms with Gasteiger partial charge in [0.25, 0.3) is 5.78 Å². The highest BCUT2D eigenvalue weighted by Gasteiger charge is 2.48. The zero-order valence-electron chi connectivity index (χ0n) is 20.8. The molecule has 0 spiro atoms. The maximum absolute atomic E-state index is 13.4. The van der Waals surface area contributed by atoms with Crippen LogP contribution < -0.4 is 9.64 Å². The Morgan fingerprint density at radius 3 is 2.39 bits per heavy atom. The minimum Gasteiger partial charge on any atom is -0.507 e. The summed E-state index contributed by atoms with van der Waals surface area (Å²) >= 11 is 2.76. The van der Waals surface area contributed by atoms with E-state index in [2.05, 4.69) is 34.5 Å². The summed E-state index contributed by atoms with van der Waals surface area (Å²) in [5.74, 6) is -0.392. The van der Waals surface area contributed by atoms with Crippen molar-refractivity contribution < 1.29 is 19.4 Å². The van der Waals surface area contributed by atoms with Gasteiger partial charge in [0, 0.05) is 11.3 Å². The zero-order chi connectivity index (χ0) is 26.6. The molecule has 0 saturated carbocycles. The van der Waals surface area contributed by atoms with E-state index in [-0.39, 0.29) is 11.3 Å². The molecular weight excluding hydrogens is 518 g/mol. The molecule has 1 atom stereocenters. The molecule has 1 amide bonds. The Morgan fingerprint density at radius 2 is 1.71 bits per heavy atom. The Morgan fingerprint density at radius 1 is 1.00 bits per heavy atom. The molecule has 192 valence electrons. The van der Waals surface area contributed by atoms with Gasteiger partial charge in [0.2, 0.25) is 5.13 Å². The van der Waals surface area contributed by atoms with Crippen molar-refractivity contribution in [1.29, 1.82) is 0 Å². The molecule has 0 bridgehead atoms. The number of Topliss-reactive ketones (excluding diaryl/α,β-unsaturated/α-hetero) is 1. The van der Waals surface area contributed by atoms with Crippen molar-refractivity contribution in [2.45, 2.75) is 30.0 Å². The van der Waals surface area contributed by atoms with Crippen molar-refractivity contribution in [2.75, 3.05) is 11.5 Å². The number of carbonyl (C=O) groups excluding carboxylic acids is 2. The van der Waals surface area contributed by atoms with Crippen LogP contribution in [0.25, 0.3) is 5.76 Å². The molecule has 7 nitrogen and oxygen atoms in total. The molecule has 1 unspecified atom stereocenters. The minimum atomic E-state index is -0.867. The first-order valence-corrected chi connectivity index (χ1v) is 13.9. The van der Waals surface area contributed by atoms with Crippen molar-refractivity contribution in [3.63, 3.8) is 0 Å². The van der Waals surface area contributed by atoms with Crippen LogP contribution in [-0.2, 0) is 15.3 Å². The Labute approximate surface area is 228 Å². The topological polar surface area (TPSA) is 92.6 Å². The molecule has 2 heterocycles. The van der Waals surface area contributed by atoms with E-state index >= 15 is 0 Å². The summed E-state index contributed by atoms with van der Waals surface area (Å²) in [6.07, 6.45) is 0. The number of hydrogen-bond donors (Lipinski definition) is 1. The van der Waals surface area contributed by atoms with Gasteiger partial charge in [0.1, 0.15) is 11.5 Å². The van der Waals surface area contributed by atoms with Gasteiger partial charge in [-0.1, -0.05) is 95.4 Å². The monoisotopic (exact) mass is 543 g/mol. The number of hydrogen-bond acceptors (Lipinski definition) is 8. The molecule has 4 aromatic rings. The summed E-state index contributed by atoms with van der Waals surface area (Å²) in [6.45, 7) is 4.45. The molecule has 0 radical (unpaired) electrons. The van der Waals surface area contributed by atoms with Gasteiger partial charge in [0.05, 0.1) is 18.2 Å². The second-order valence-electron chi connectivity index (χ2n) is 8.66. The Hall–Kier alpha value is -3.95. The Bertz CT molecular complexity index is 1480. The highest BCUT2D eigenvalue weighted by atomic mass is 32.2. The molecule has 1 N–H and O–H groups in total. The third-order valence-corrected chi connectivity index (χ3v) is 8.21. The van der Waals surface area contributed by atoms with Gasteiger partial charge in [-0.25, -0.2) is 0 Å². The third kappa shape index (κ3) is 5.20. The van der Waals surface area contributed by atoms with Crippen LogP contribution in [0.3, 0.4) is 0 Å². The van der Waals surface area contributed by atoms with Gasteiger partial charge >= 0.3 is 5.91 Å². The van der Waals surface area contributed by atoms with E-state index in [0.29, 0.717) is 38.7 Å². The molecule has 3 aromatic carbocycles. The minimum absolute atomic E-state index is 0.00872. The molecule has 38 heavy (non-hydrogen) atoms. The summed E-state index contributed by atoms with van der Waals surface area (Å²) in [6, 6.07) is 23.3. The number of aryl methyl sites for hydroxylation is 1. The number of amides is 1. The van der Waals surface area contributed by atoms with Crippen LogP contribution in [0.1, 0.15) is 35.2 Å². The highest BCUT2D eigenvalue weighted by molar-refractivity contribution is 8.00. The number of aliphatic hydroxyl groups excluding tert-OH is 1. The normalized spacial score (nSPS) is 16.7. The lowest BCUT2D eigenvalue weighted by Crippen LogP contribution is -2.29. The van der Waals surface area contributed by atoms with Gasteiger partial charge in [-0.3, -0.25) is 14.5 Å². The molecular formula is C29H25N3O4S2. The van der Waals surface area contributed by atoms with Crippen molar-refractivity contribution in [3.05, 3.63) is 107 Å². The summed E-state index contributed by atoms with van der Waals surface area (Å²) < 4.78 is 6.24.